The van der Waals surface area contributed by atoms with Crippen LogP contribution in [0.15, 0.2) is 146 Å². The molecule has 0 aliphatic heterocycles. The second kappa shape index (κ2) is 10.2. The third-order valence-electron chi connectivity index (χ3n) is 8.67. The normalized spacial score (nSPS) is 11.7. The van der Waals surface area contributed by atoms with Crippen LogP contribution in [0.25, 0.3) is 77.8 Å². The second-order valence-corrected chi connectivity index (χ2v) is 11.4. The summed E-state index contributed by atoms with van der Waals surface area (Å²) in [6.07, 6.45) is 0. The molecule has 0 N–H and O–H groups in total. The van der Waals surface area contributed by atoms with Crippen LogP contribution in [0.3, 0.4) is 0 Å². The first-order chi connectivity index (χ1) is 22.6. The number of aromatic nitrogens is 4. The molecule has 3 heterocycles. The Hall–Kier alpha value is -6.14. The van der Waals surface area contributed by atoms with Crippen LogP contribution in [0.4, 0.5) is 8.78 Å². The Kier molecular flexibility index (Phi) is 5.83. The van der Waals surface area contributed by atoms with E-state index < -0.39 is 0 Å². The van der Waals surface area contributed by atoms with E-state index in [-0.39, 0.29) is 11.6 Å². The molecule has 4 nitrogen and oxygen atoms in total. The molecule has 0 saturated carbocycles. The highest BCUT2D eigenvalue weighted by atomic mass is 19.1. The van der Waals surface area contributed by atoms with E-state index in [0.29, 0.717) is 17.3 Å². The number of fused-ring (bicyclic) bond motifs is 6. The van der Waals surface area contributed by atoms with Gasteiger partial charge in [0.05, 0.1) is 33.5 Å². The van der Waals surface area contributed by atoms with Gasteiger partial charge in [-0.25, -0.2) is 18.7 Å². The van der Waals surface area contributed by atoms with Crippen molar-refractivity contribution in [2.45, 2.75) is 0 Å². The molecule has 218 valence electrons. The van der Waals surface area contributed by atoms with Crippen LogP contribution in [0.5, 0.6) is 0 Å². The van der Waals surface area contributed by atoms with Crippen molar-refractivity contribution in [3.63, 3.8) is 0 Å². The fraction of sp³-hybridized carbons (Fsp3) is 0. The zero-order valence-corrected chi connectivity index (χ0v) is 24.4. The van der Waals surface area contributed by atoms with Crippen molar-refractivity contribution in [3.05, 3.63) is 157 Å². The van der Waals surface area contributed by atoms with Crippen LogP contribution >= 0.6 is 0 Å². The first kappa shape index (κ1) is 26.3. The molecule has 3 aromatic heterocycles. The highest BCUT2D eigenvalue weighted by Crippen LogP contribution is 2.39. The molecule has 0 aliphatic carbocycles. The van der Waals surface area contributed by atoms with Crippen molar-refractivity contribution in [1.29, 1.82) is 0 Å². The Morgan fingerprint density at radius 2 is 0.848 bits per heavy atom. The summed E-state index contributed by atoms with van der Waals surface area (Å²) < 4.78 is 32.2. The molecular weight excluding hydrogens is 574 g/mol. The number of hydrogen-bond acceptors (Lipinski definition) is 2. The molecule has 6 heteroatoms. The van der Waals surface area contributed by atoms with Crippen LogP contribution in [-0.2, 0) is 0 Å². The van der Waals surface area contributed by atoms with Gasteiger partial charge < -0.3 is 4.57 Å². The maximum Gasteiger partial charge on any atom is 0.235 e. The fourth-order valence-electron chi connectivity index (χ4n) is 6.57. The molecular formula is C40H24F2N4. The lowest BCUT2D eigenvalue weighted by atomic mass is 10.1. The summed E-state index contributed by atoms with van der Waals surface area (Å²) in [6.45, 7) is 0. The third kappa shape index (κ3) is 4.11. The highest BCUT2D eigenvalue weighted by molar-refractivity contribution is 6.18. The van der Waals surface area contributed by atoms with E-state index in [0.717, 1.165) is 60.4 Å². The molecule has 0 spiro atoms. The molecule has 0 atom stereocenters. The summed E-state index contributed by atoms with van der Waals surface area (Å²) in [5.74, 6) is -0.172. The van der Waals surface area contributed by atoms with Crippen molar-refractivity contribution in [3.8, 4) is 34.2 Å². The van der Waals surface area contributed by atoms with Crippen LogP contribution in [-0.4, -0.2) is 19.1 Å². The van der Waals surface area contributed by atoms with Gasteiger partial charge in [-0.3, -0.25) is 4.57 Å². The largest absolute Gasteiger partial charge is 0.309 e. The number of rotatable bonds is 4. The number of hydrogen-bond donors (Lipinski definition) is 0. The molecule has 0 aliphatic rings. The van der Waals surface area contributed by atoms with E-state index in [2.05, 4.69) is 81.9 Å². The number of benzene rings is 6. The van der Waals surface area contributed by atoms with Gasteiger partial charge in [-0.15, -0.1) is 0 Å². The Labute approximate surface area is 262 Å². The lowest BCUT2D eigenvalue weighted by Crippen LogP contribution is -2.04. The zero-order valence-electron chi connectivity index (χ0n) is 24.4. The Morgan fingerprint density at radius 1 is 0.391 bits per heavy atom. The Bertz CT molecular complexity index is 2520. The fourth-order valence-corrected chi connectivity index (χ4v) is 6.57. The summed E-state index contributed by atoms with van der Waals surface area (Å²) in [4.78, 5) is 10.1. The molecule has 46 heavy (non-hydrogen) atoms. The van der Waals surface area contributed by atoms with E-state index >= 15 is 0 Å². The van der Waals surface area contributed by atoms with Gasteiger partial charge in [0.15, 0.2) is 0 Å². The van der Waals surface area contributed by atoms with Gasteiger partial charge in [-0.05, 0) is 91.0 Å². The molecule has 0 amide bonds. The predicted molar refractivity (Wildman–Crippen MR) is 181 cm³/mol. The van der Waals surface area contributed by atoms with E-state index in [1.165, 1.54) is 24.3 Å². The van der Waals surface area contributed by atoms with Crippen molar-refractivity contribution in [2.24, 2.45) is 0 Å². The quantitative estimate of drug-likeness (QED) is 0.202. The second-order valence-electron chi connectivity index (χ2n) is 11.4. The first-order valence-electron chi connectivity index (χ1n) is 15.1. The monoisotopic (exact) mass is 598 g/mol. The number of halogens is 2. The zero-order chi connectivity index (χ0) is 30.8. The first-order valence-corrected chi connectivity index (χ1v) is 15.1. The van der Waals surface area contributed by atoms with Crippen molar-refractivity contribution >= 4 is 43.6 Å². The summed E-state index contributed by atoms with van der Waals surface area (Å²) >= 11 is 0. The van der Waals surface area contributed by atoms with Gasteiger partial charge in [0.25, 0.3) is 0 Å². The van der Waals surface area contributed by atoms with Gasteiger partial charge in [-0.2, -0.15) is 0 Å². The lowest BCUT2D eigenvalue weighted by molar-refractivity contribution is 0.627. The summed E-state index contributed by atoms with van der Waals surface area (Å²) in [5, 5.41) is 4.41. The van der Waals surface area contributed by atoms with Gasteiger partial charge in [0.2, 0.25) is 5.95 Å². The Morgan fingerprint density at radius 3 is 1.39 bits per heavy atom. The molecule has 6 aromatic carbocycles. The predicted octanol–water partition coefficient (Wildman–Crippen LogP) is 10.3. The molecule has 0 bridgehead atoms. The van der Waals surface area contributed by atoms with Crippen LogP contribution in [0.2, 0.25) is 0 Å². The molecule has 9 aromatic rings. The van der Waals surface area contributed by atoms with Crippen molar-refractivity contribution in [1.82, 2.24) is 19.1 Å². The van der Waals surface area contributed by atoms with Crippen LogP contribution in [0.1, 0.15) is 0 Å². The molecule has 0 unspecified atom stereocenters. The highest BCUT2D eigenvalue weighted by Gasteiger charge is 2.20. The van der Waals surface area contributed by atoms with E-state index in [1.54, 1.807) is 24.3 Å². The van der Waals surface area contributed by atoms with Crippen molar-refractivity contribution < 1.29 is 8.78 Å². The van der Waals surface area contributed by atoms with E-state index in [4.69, 9.17) is 9.97 Å². The minimum atomic E-state index is -0.321. The molecule has 9 rings (SSSR count). The van der Waals surface area contributed by atoms with Gasteiger partial charge >= 0.3 is 0 Å². The summed E-state index contributed by atoms with van der Waals surface area (Å²) in [6, 6.07) is 46.0. The van der Waals surface area contributed by atoms with E-state index in [1.807, 2.05) is 24.3 Å². The standard InChI is InChI=1S/C40H24F2N4/c41-27-18-14-25(15-19-27)34-24-35(26-16-20-28(42)21-17-26)44-40(43-34)46-37-13-7-5-11-31(37)33-22-38-32(23-39(33)46)30-10-4-6-12-36(30)45(38)29-8-2-1-3-9-29/h1-24H. The van der Waals surface area contributed by atoms with Gasteiger partial charge in [0.1, 0.15) is 11.6 Å². The molecule has 0 radical (unpaired) electrons. The minimum absolute atomic E-state index is 0.321. The van der Waals surface area contributed by atoms with Gasteiger partial charge in [-0.1, -0.05) is 54.6 Å². The van der Waals surface area contributed by atoms with Crippen LogP contribution < -0.4 is 0 Å². The number of nitrogens with zero attached hydrogens (tertiary/aromatic N) is 4. The summed E-state index contributed by atoms with van der Waals surface area (Å²) in [7, 11) is 0. The SMILES string of the molecule is Fc1ccc(-c2cc(-c3ccc(F)cc3)nc(-n3c4ccccc4c4cc5c(cc43)c3ccccc3n5-c3ccccc3)n2)cc1. The Balaban J connectivity index is 1.38. The van der Waals surface area contributed by atoms with Crippen molar-refractivity contribution in [2.75, 3.05) is 0 Å². The topological polar surface area (TPSA) is 35.6 Å². The summed E-state index contributed by atoms with van der Waals surface area (Å²) in [5.41, 5.74) is 8.03. The maximum atomic E-state index is 13.9. The third-order valence-corrected chi connectivity index (χ3v) is 8.67. The lowest BCUT2D eigenvalue weighted by Gasteiger charge is -2.12. The molecule has 0 fully saturated rings. The average Bonchev–Trinajstić information content (AvgIpc) is 3.60. The average molecular weight is 599 g/mol. The van der Waals surface area contributed by atoms with E-state index in [9.17, 15) is 8.78 Å². The smallest absolute Gasteiger partial charge is 0.235 e. The maximum absolute atomic E-state index is 13.9. The number of para-hydroxylation sites is 3. The molecule has 0 saturated heterocycles. The van der Waals surface area contributed by atoms with Crippen LogP contribution in [0, 0.1) is 11.6 Å². The minimum Gasteiger partial charge on any atom is -0.309 e. The van der Waals surface area contributed by atoms with Gasteiger partial charge in [0, 0.05) is 38.4 Å².